The van der Waals surface area contributed by atoms with Gasteiger partial charge in [-0.15, -0.1) is 0 Å². The number of hydrogen-bond donors (Lipinski definition) is 0. The minimum atomic E-state index is -0.446. The number of ether oxygens (including phenoxy) is 2. The van der Waals surface area contributed by atoms with Crippen LogP contribution in [0.5, 0.6) is 5.88 Å². The van der Waals surface area contributed by atoms with Gasteiger partial charge in [0.2, 0.25) is 5.91 Å². The Hall–Kier alpha value is -1.69. The van der Waals surface area contributed by atoms with Gasteiger partial charge in [-0.25, -0.2) is 9.37 Å². The van der Waals surface area contributed by atoms with Gasteiger partial charge in [0, 0.05) is 25.5 Å². The number of nitrogens with zero attached hydrogens (tertiary/aromatic N) is 2. The molecule has 1 atom stereocenters. The molecule has 0 radical (unpaired) electrons. The number of hydrogen-bond acceptors (Lipinski definition) is 4. The van der Waals surface area contributed by atoms with Gasteiger partial charge in [0.15, 0.2) is 5.82 Å². The Balaban J connectivity index is 1.54. The lowest BCUT2D eigenvalue weighted by atomic mass is 9.84. The Morgan fingerprint density at radius 3 is 3.13 bits per heavy atom. The summed E-state index contributed by atoms with van der Waals surface area (Å²) in [4.78, 5) is 17.8. The molecule has 3 heterocycles. The molecule has 1 amide bonds. The topological polar surface area (TPSA) is 51.7 Å². The maximum atomic E-state index is 13.6. The highest BCUT2D eigenvalue weighted by Gasteiger charge is 2.49. The summed E-state index contributed by atoms with van der Waals surface area (Å²) in [6, 6.07) is 2.88. The summed E-state index contributed by atoms with van der Waals surface area (Å²) in [5, 5.41) is 0. The van der Waals surface area contributed by atoms with E-state index in [9.17, 15) is 9.18 Å². The highest BCUT2D eigenvalue weighted by Crippen LogP contribution is 2.36. The minimum Gasteiger partial charge on any atom is -0.472 e. The number of pyridine rings is 1. The van der Waals surface area contributed by atoms with E-state index in [1.165, 1.54) is 12.3 Å². The van der Waals surface area contributed by atoms with Gasteiger partial charge in [-0.1, -0.05) is 13.3 Å². The number of rotatable bonds is 5. The summed E-state index contributed by atoms with van der Waals surface area (Å²) in [6.07, 6.45) is 5.32. The SMILES string of the molecule is CCCCC(=O)N1CC2(C[C@H](Oc3ncccc3F)CCO2)C1. The molecule has 0 N–H and O–H groups in total. The molecule has 0 aromatic carbocycles. The van der Waals surface area contributed by atoms with Gasteiger partial charge in [0.1, 0.15) is 11.7 Å². The van der Waals surface area contributed by atoms with E-state index in [0.717, 1.165) is 12.8 Å². The zero-order valence-electron chi connectivity index (χ0n) is 13.5. The predicted octanol–water partition coefficient (Wildman–Crippen LogP) is 2.55. The molecule has 1 aromatic rings. The fourth-order valence-electron chi connectivity index (χ4n) is 3.23. The summed E-state index contributed by atoms with van der Waals surface area (Å²) < 4.78 is 25.3. The van der Waals surface area contributed by atoms with E-state index >= 15 is 0 Å². The Labute approximate surface area is 135 Å². The molecule has 2 fully saturated rings. The van der Waals surface area contributed by atoms with Crippen molar-refractivity contribution in [2.24, 2.45) is 0 Å². The first-order valence-electron chi connectivity index (χ1n) is 8.31. The number of halogens is 1. The van der Waals surface area contributed by atoms with Crippen molar-refractivity contribution in [1.82, 2.24) is 9.88 Å². The molecule has 0 aliphatic carbocycles. The van der Waals surface area contributed by atoms with Gasteiger partial charge in [0.05, 0.1) is 19.7 Å². The molecule has 6 heteroatoms. The molecule has 5 nitrogen and oxygen atoms in total. The molecule has 1 spiro atoms. The van der Waals surface area contributed by atoms with Gasteiger partial charge in [-0.3, -0.25) is 4.79 Å². The van der Waals surface area contributed by atoms with E-state index in [4.69, 9.17) is 9.47 Å². The van der Waals surface area contributed by atoms with E-state index in [1.54, 1.807) is 6.07 Å². The van der Waals surface area contributed by atoms with Crippen molar-refractivity contribution in [2.75, 3.05) is 19.7 Å². The lowest BCUT2D eigenvalue weighted by Gasteiger charge is -2.52. The predicted molar refractivity (Wildman–Crippen MR) is 82.6 cm³/mol. The standard InChI is InChI=1S/C17H23FN2O3/c1-2-3-6-15(21)20-11-17(12-20)10-13(7-9-22-17)23-16-14(18)5-4-8-19-16/h4-5,8,13H,2-3,6-7,9-12H2,1H3/t13-/m1/s1. The zero-order chi connectivity index (χ0) is 16.3. The van der Waals surface area contributed by atoms with Gasteiger partial charge in [0.25, 0.3) is 5.88 Å². The van der Waals surface area contributed by atoms with Crippen LogP contribution >= 0.6 is 0 Å². The molecule has 0 saturated carbocycles. The number of unbranched alkanes of at least 4 members (excludes halogenated alkanes) is 1. The Morgan fingerprint density at radius 1 is 1.57 bits per heavy atom. The Morgan fingerprint density at radius 2 is 2.39 bits per heavy atom. The lowest BCUT2D eigenvalue weighted by molar-refractivity contribution is -0.193. The molecule has 23 heavy (non-hydrogen) atoms. The molecular weight excluding hydrogens is 299 g/mol. The highest BCUT2D eigenvalue weighted by molar-refractivity contribution is 5.77. The lowest BCUT2D eigenvalue weighted by Crippen LogP contribution is -2.67. The van der Waals surface area contributed by atoms with E-state index in [0.29, 0.717) is 39.0 Å². The number of likely N-dealkylation sites (tertiary alicyclic amines) is 1. The molecule has 126 valence electrons. The third-order valence-corrected chi connectivity index (χ3v) is 4.51. The molecule has 2 saturated heterocycles. The second kappa shape index (κ2) is 6.83. The van der Waals surface area contributed by atoms with Crippen molar-refractivity contribution >= 4 is 5.91 Å². The molecular formula is C17H23FN2O3. The van der Waals surface area contributed by atoms with E-state index in [-0.39, 0.29) is 23.5 Å². The van der Waals surface area contributed by atoms with Crippen molar-refractivity contribution in [2.45, 2.75) is 50.7 Å². The molecule has 0 unspecified atom stereocenters. The van der Waals surface area contributed by atoms with Crippen LogP contribution in [0, 0.1) is 5.82 Å². The first-order valence-corrected chi connectivity index (χ1v) is 8.31. The van der Waals surface area contributed by atoms with Crippen molar-refractivity contribution in [1.29, 1.82) is 0 Å². The normalized spacial score (nSPS) is 22.7. The summed E-state index contributed by atoms with van der Waals surface area (Å²) in [5.74, 6) is -0.206. The van der Waals surface area contributed by atoms with Crippen LogP contribution in [0.2, 0.25) is 0 Å². The van der Waals surface area contributed by atoms with Crippen molar-refractivity contribution in [3.63, 3.8) is 0 Å². The quantitative estimate of drug-likeness (QED) is 0.836. The first kappa shape index (κ1) is 16.2. The summed E-state index contributed by atoms with van der Waals surface area (Å²) in [7, 11) is 0. The molecule has 1 aromatic heterocycles. The van der Waals surface area contributed by atoms with Crippen molar-refractivity contribution in [3.05, 3.63) is 24.1 Å². The van der Waals surface area contributed by atoms with Crippen LogP contribution in [0.25, 0.3) is 0 Å². The fourth-order valence-corrected chi connectivity index (χ4v) is 3.23. The van der Waals surface area contributed by atoms with E-state index in [1.807, 2.05) is 4.90 Å². The second-order valence-corrected chi connectivity index (χ2v) is 6.41. The number of carbonyl (C=O) groups is 1. The fraction of sp³-hybridized carbons (Fsp3) is 0.647. The maximum Gasteiger partial charge on any atom is 0.250 e. The summed E-state index contributed by atoms with van der Waals surface area (Å²) in [6.45, 7) is 3.87. The maximum absolute atomic E-state index is 13.6. The van der Waals surface area contributed by atoms with Crippen molar-refractivity contribution in [3.8, 4) is 5.88 Å². The average Bonchev–Trinajstić information content (AvgIpc) is 2.52. The van der Waals surface area contributed by atoms with E-state index < -0.39 is 5.82 Å². The van der Waals surface area contributed by atoms with Crippen molar-refractivity contribution < 1.29 is 18.7 Å². The van der Waals surface area contributed by atoms with Crippen LogP contribution < -0.4 is 4.74 Å². The first-order chi connectivity index (χ1) is 11.1. The smallest absolute Gasteiger partial charge is 0.250 e. The minimum absolute atomic E-state index is 0.0461. The largest absolute Gasteiger partial charge is 0.472 e. The third kappa shape index (κ3) is 3.63. The Kier molecular flexibility index (Phi) is 4.80. The second-order valence-electron chi connectivity index (χ2n) is 6.41. The van der Waals surface area contributed by atoms with Gasteiger partial charge in [-0.05, 0) is 18.6 Å². The summed E-state index contributed by atoms with van der Waals surface area (Å²) >= 11 is 0. The molecule has 0 bridgehead atoms. The highest BCUT2D eigenvalue weighted by atomic mass is 19.1. The third-order valence-electron chi connectivity index (χ3n) is 4.51. The monoisotopic (exact) mass is 322 g/mol. The Bertz CT molecular complexity index is 561. The number of aromatic nitrogens is 1. The summed E-state index contributed by atoms with van der Waals surface area (Å²) in [5.41, 5.74) is -0.323. The van der Waals surface area contributed by atoms with Crippen LogP contribution in [0.1, 0.15) is 39.0 Å². The van der Waals surface area contributed by atoms with Crippen LogP contribution in [0.15, 0.2) is 18.3 Å². The van der Waals surface area contributed by atoms with E-state index in [2.05, 4.69) is 11.9 Å². The van der Waals surface area contributed by atoms with Gasteiger partial charge >= 0.3 is 0 Å². The van der Waals surface area contributed by atoms with Crippen LogP contribution in [0.3, 0.4) is 0 Å². The zero-order valence-corrected chi connectivity index (χ0v) is 13.5. The van der Waals surface area contributed by atoms with Crippen LogP contribution in [-0.2, 0) is 9.53 Å². The molecule has 2 aliphatic rings. The van der Waals surface area contributed by atoms with Crippen LogP contribution in [0.4, 0.5) is 4.39 Å². The number of carbonyl (C=O) groups excluding carboxylic acids is 1. The van der Waals surface area contributed by atoms with Gasteiger partial charge < -0.3 is 14.4 Å². The van der Waals surface area contributed by atoms with Crippen LogP contribution in [-0.4, -0.2) is 47.2 Å². The van der Waals surface area contributed by atoms with Gasteiger partial charge in [-0.2, -0.15) is 0 Å². The average molecular weight is 322 g/mol. The molecule has 3 rings (SSSR count). The number of amides is 1. The molecule has 2 aliphatic heterocycles.